The van der Waals surface area contributed by atoms with Gasteiger partial charge in [-0.25, -0.2) is 9.59 Å². The van der Waals surface area contributed by atoms with Crippen molar-refractivity contribution in [3.8, 4) is 0 Å². The third kappa shape index (κ3) is 3.34. The molecule has 0 N–H and O–H groups in total. The summed E-state index contributed by atoms with van der Waals surface area (Å²) in [6, 6.07) is 13.3. The number of benzene rings is 2. The van der Waals surface area contributed by atoms with E-state index in [0.717, 1.165) is 17.2 Å². The molecule has 2 aliphatic heterocycles. The summed E-state index contributed by atoms with van der Waals surface area (Å²) >= 11 is 0. The van der Waals surface area contributed by atoms with Crippen molar-refractivity contribution in [3.63, 3.8) is 0 Å². The number of carbonyl (C=O) groups is 2. The number of ether oxygens (including phenoxy) is 4. The molecule has 6 nitrogen and oxygen atoms in total. The van der Waals surface area contributed by atoms with Gasteiger partial charge in [-0.1, -0.05) is 48.6 Å². The molecule has 2 saturated heterocycles. The van der Waals surface area contributed by atoms with E-state index >= 15 is 0 Å². The normalized spacial score (nSPS) is 35.6. The number of rotatable bonds is 3. The van der Waals surface area contributed by atoms with Crippen LogP contribution in [0.2, 0.25) is 0 Å². The van der Waals surface area contributed by atoms with E-state index in [4.69, 9.17) is 18.9 Å². The van der Waals surface area contributed by atoms with Crippen LogP contribution in [0.1, 0.15) is 37.6 Å². The summed E-state index contributed by atoms with van der Waals surface area (Å²) in [5.41, 5.74) is -0.182. The van der Waals surface area contributed by atoms with Gasteiger partial charge in [-0.15, -0.1) is 0 Å². The summed E-state index contributed by atoms with van der Waals surface area (Å²) in [4.78, 5) is 25.9. The van der Waals surface area contributed by atoms with Gasteiger partial charge < -0.3 is 18.9 Å². The first-order valence-electron chi connectivity index (χ1n) is 11.7. The number of hydrogen-bond acceptors (Lipinski definition) is 6. The van der Waals surface area contributed by atoms with E-state index in [2.05, 4.69) is 12.2 Å². The number of fused-ring (bicyclic) bond motifs is 10. The van der Waals surface area contributed by atoms with E-state index in [1.165, 1.54) is 0 Å². The molecule has 0 radical (unpaired) electrons. The number of allylic oxidation sites excluding steroid dienone is 2. The molecule has 2 aliphatic carbocycles. The minimum Gasteiger partial charge on any atom is -0.452 e. The molecule has 4 aliphatic rings. The fourth-order valence-corrected chi connectivity index (χ4v) is 6.40. The van der Waals surface area contributed by atoms with E-state index in [0.29, 0.717) is 17.4 Å². The molecular formula is C27H28O6. The lowest BCUT2D eigenvalue weighted by Gasteiger charge is -2.37. The molecule has 4 bridgehead atoms. The van der Waals surface area contributed by atoms with Crippen molar-refractivity contribution in [1.82, 2.24) is 0 Å². The lowest BCUT2D eigenvalue weighted by molar-refractivity contribution is -0.0836. The molecule has 0 aromatic heterocycles. The zero-order chi connectivity index (χ0) is 22.9. The van der Waals surface area contributed by atoms with E-state index in [-0.39, 0.29) is 24.0 Å². The van der Waals surface area contributed by atoms with E-state index in [9.17, 15) is 9.59 Å². The summed E-state index contributed by atoms with van der Waals surface area (Å²) in [5.74, 6) is 0.991. The summed E-state index contributed by atoms with van der Waals surface area (Å²) in [7, 11) is 0. The predicted molar refractivity (Wildman–Crippen MR) is 121 cm³/mol. The fourth-order valence-electron chi connectivity index (χ4n) is 6.40. The first kappa shape index (κ1) is 20.7. The van der Waals surface area contributed by atoms with Gasteiger partial charge in [0.25, 0.3) is 0 Å². The Morgan fingerprint density at radius 1 is 0.879 bits per heavy atom. The predicted octanol–water partition coefficient (Wildman–Crippen LogP) is 4.90. The molecule has 1 saturated carbocycles. The minimum absolute atomic E-state index is 0.282. The monoisotopic (exact) mass is 448 g/mol. The van der Waals surface area contributed by atoms with E-state index < -0.39 is 29.9 Å². The highest BCUT2D eigenvalue weighted by Gasteiger charge is 2.69. The van der Waals surface area contributed by atoms with Crippen molar-refractivity contribution in [2.75, 3.05) is 0 Å². The molecule has 3 fully saturated rings. The molecule has 2 heterocycles. The second-order valence-corrected chi connectivity index (χ2v) is 10.6. The quantitative estimate of drug-likeness (QED) is 0.491. The Labute approximate surface area is 192 Å². The Bertz CT molecular complexity index is 1140. The van der Waals surface area contributed by atoms with Crippen LogP contribution in [0.25, 0.3) is 10.8 Å². The number of esters is 1. The summed E-state index contributed by atoms with van der Waals surface area (Å²) in [6.07, 6.45) is 2.94. The maximum Gasteiger partial charge on any atom is 0.509 e. The van der Waals surface area contributed by atoms with Gasteiger partial charge in [0.15, 0.2) is 12.2 Å². The molecule has 6 heteroatoms. The standard InChI is InChI=1S/C27H28O6/c1-27(2,3)33-26(29)32-24-22-20-16-12-11-15(13-16)19(20)21(30-22)23(24)31-25(28)18-10-6-8-14-7-4-5-9-17(14)18/h4-12,15-16,19-24H,13H2,1-3H3. The third-order valence-electron chi connectivity index (χ3n) is 7.50. The molecule has 0 amide bonds. The van der Waals surface area contributed by atoms with Crippen LogP contribution in [-0.4, -0.2) is 42.1 Å². The molecular weight excluding hydrogens is 420 g/mol. The van der Waals surface area contributed by atoms with Crippen LogP contribution in [0.4, 0.5) is 4.79 Å². The highest BCUT2D eigenvalue weighted by molar-refractivity contribution is 6.04. The molecule has 33 heavy (non-hydrogen) atoms. The van der Waals surface area contributed by atoms with Crippen LogP contribution in [0, 0.1) is 23.7 Å². The summed E-state index contributed by atoms with van der Waals surface area (Å²) < 4.78 is 23.6. The van der Waals surface area contributed by atoms with Gasteiger partial charge in [0.1, 0.15) is 17.8 Å². The Balaban J connectivity index is 1.29. The number of carbonyl (C=O) groups excluding carboxylic acids is 2. The van der Waals surface area contributed by atoms with Crippen LogP contribution in [0.15, 0.2) is 54.6 Å². The van der Waals surface area contributed by atoms with Crippen molar-refractivity contribution in [1.29, 1.82) is 0 Å². The van der Waals surface area contributed by atoms with Gasteiger partial charge in [-0.05, 0) is 55.9 Å². The van der Waals surface area contributed by atoms with Crippen molar-refractivity contribution >= 4 is 22.9 Å². The van der Waals surface area contributed by atoms with Crippen molar-refractivity contribution < 1.29 is 28.5 Å². The van der Waals surface area contributed by atoms with Crippen molar-refractivity contribution in [3.05, 3.63) is 60.2 Å². The molecule has 8 atom stereocenters. The Hall–Kier alpha value is -2.86. The molecule has 2 aromatic carbocycles. The zero-order valence-electron chi connectivity index (χ0n) is 19.0. The summed E-state index contributed by atoms with van der Waals surface area (Å²) in [5, 5.41) is 1.80. The lowest BCUT2D eigenvalue weighted by atomic mass is 9.71. The average molecular weight is 449 g/mol. The largest absolute Gasteiger partial charge is 0.509 e. The zero-order valence-corrected chi connectivity index (χ0v) is 19.0. The second kappa shape index (κ2) is 7.32. The second-order valence-electron chi connectivity index (χ2n) is 10.6. The van der Waals surface area contributed by atoms with Crippen molar-refractivity contribution in [2.45, 2.75) is 57.2 Å². The SMILES string of the molecule is CC(C)(C)OC(=O)OC1C(OC(=O)c2cccc3ccccc23)C2OC1C1C3C=CC(C3)C21. The molecule has 172 valence electrons. The van der Waals surface area contributed by atoms with Gasteiger partial charge in [-0.2, -0.15) is 0 Å². The highest BCUT2D eigenvalue weighted by atomic mass is 16.8. The van der Waals surface area contributed by atoms with Crippen LogP contribution >= 0.6 is 0 Å². The maximum absolute atomic E-state index is 13.3. The first-order chi connectivity index (χ1) is 15.8. The highest BCUT2D eigenvalue weighted by Crippen LogP contribution is 2.61. The molecule has 2 aromatic rings. The lowest BCUT2D eigenvalue weighted by Crippen LogP contribution is -2.52. The third-order valence-corrected chi connectivity index (χ3v) is 7.50. The number of hydrogen-bond donors (Lipinski definition) is 0. The molecule has 8 unspecified atom stereocenters. The van der Waals surface area contributed by atoms with E-state index in [1.54, 1.807) is 26.8 Å². The Kier molecular flexibility index (Phi) is 4.60. The maximum atomic E-state index is 13.3. The van der Waals surface area contributed by atoms with Crippen LogP contribution in [0.3, 0.4) is 0 Å². The van der Waals surface area contributed by atoms with Gasteiger partial charge in [0.05, 0.1) is 5.56 Å². The van der Waals surface area contributed by atoms with E-state index in [1.807, 2.05) is 36.4 Å². The molecule has 0 spiro atoms. The van der Waals surface area contributed by atoms with Gasteiger partial charge in [0, 0.05) is 11.8 Å². The van der Waals surface area contributed by atoms with Crippen LogP contribution in [-0.2, 0) is 18.9 Å². The Morgan fingerprint density at radius 2 is 1.52 bits per heavy atom. The minimum atomic E-state index is -0.759. The topological polar surface area (TPSA) is 71.1 Å². The van der Waals surface area contributed by atoms with Crippen LogP contribution in [0.5, 0.6) is 0 Å². The summed E-state index contributed by atoms with van der Waals surface area (Å²) in [6.45, 7) is 5.38. The first-order valence-corrected chi connectivity index (χ1v) is 11.7. The smallest absolute Gasteiger partial charge is 0.452 e. The van der Waals surface area contributed by atoms with Gasteiger partial charge in [0.2, 0.25) is 0 Å². The van der Waals surface area contributed by atoms with Gasteiger partial charge >= 0.3 is 12.1 Å². The van der Waals surface area contributed by atoms with Gasteiger partial charge in [-0.3, -0.25) is 0 Å². The van der Waals surface area contributed by atoms with Crippen molar-refractivity contribution in [2.24, 2.45) is 23.7 Å². The average Bonchev–Trinajstić information content (AvgIpc) is 3.52. The molecule has 6 rings (SSSR count). The Morgan fingerprint density at radius 3 is 2.21 bits per heavy atom. The van der Waals surface area contributed by atoms with Crippen LogP contribution < -0.4 is 0 Å². The fraction of sp³-hybridized carbons (Fsp3) is 0.481.